The summed E-state index contributed by atoms with van der Waals surface area (Å²) in [6, 6.07) is 13.6. The summed E-state index contributed by atoms with van der Waals surface area (Å²) in [5, 5.41) is 12.5. The van der Waals surface area contributed by atoms with Crippen molar-refractivity contribution in [3.05, 3.63) is 71.0 Å². The number of nitrogens with one attached hydrogen (secondary N) is 1. The van der Waals surface area contributed by atoms with Crippen LogP contribution in [0.25, 0.3) is 0 Å². The van der Waals surface area contributed by atoms with Gasteiger partial charge < -0.3 is 4.84 Å². The second-order valence-corrected chi connectivity index (χ2v) is 7.60. The first-order chi connectivity index (χ1) is 12.9. The molecular formula is C18H14FN3O4S. The Morgan fingerprint density at radius 3 is 2.70 bits per heavy atom. The second-order valence-electron chi connectivity index (χ2n) is 5.88. The number of hydrogen-bond acceptors (Lipinski definition) is 6. The van der Waals surface area contributed by atoms with Gasteiger partial charge in [-0.05, 0) is 29.8 Å². The zero-order valence-corrected chi connectivity index (χ0v) is 14.7. The number of nitriles is 1. The number of benzene rings is 2. The minimum Gasteiger partial charge on any atom is -0.382 e. The van der Waals surface area contributed by atoms with Gasteiger partial charge in [-0.3, -0.25) is 4.79 Å². The lowest BCUT2D eigenvalue weighted by Crippen LogP contribution is -2.39. The van der Waals surface area contributed by atoms with E-state index in [9.17, 15) is 17.6 Å². The maximum Gasteiger partial charge on any atom is 0.277 e. The molecule has 2 aromatic carbocycles. The van der Waals surface area contributed by atoms with Crippen molar-refractivity contribution < 1.29 is 22.4 Å². The molecule has 0 aliphatic carbocycles. The topological polar surface area (TPSA) is 109 Å². The van der Waals surface area contributed by atoms with Crippen LogP contribution in [0.1, 0.15) is 23.1 Å². The van der Waals surface area contributed by atoms with Gasteiger partial charge in [-0.1, -0.05) is 29.4 Å². The van der Waals surface area contributed by atoms with Gasteiger partial charge in [-0.25, -0.2) is 17.5 Å². The summed E-state index contributed by atoms with van der Waals surface area (Å²) in [6.45, 7) is 0. The van der Waals surface area contributed by atoms with Crippen LogP contribution in [-0.4, -0.2) is 26.1 Å². The van der Waals surface area contributed by atoms with Crippen molar-refractivity contribution >= 4 is 21.6 Å². The molecule has 0 saturated carbocycles. The summed E-state index contributed by atoms with van der Waals surface area (Å²) >= 11 is 0. The van der Waals surface area contributed by atoms with Crippen LogP contribution in [0.2, 0.25) is 0 Å². The summed E-state index contributed by atoms with van der Waals surface area (Å²) in [7, 11) is -3.95. The van der Waals surface area contributed by atoms with E-state index in [1.165, 1.54) is 42.5 Å². The molecule has 2 aromatic rings. The molecule has 9 heteroatoms. The van der Waals surface area contributed by atoms with Crippen molar-refractivity contribution in [2.45, 2.75) is 18.3 Å². The van der Waals surface area contributed by atoms with E-state index in [-0.39, 0.29) is 6.42 Å². The predicted octanol–water partition coefficient (Wildman–Crippen LogP) is 1.84. The van der Waals surface area contributed by atoms with Gasteiger partial charge >= 0.3 is 0 Å². The quantitative estimate of drug-likeness (QED) is 0.842. The third-order valence-electron chi connectivity index (χ3n) is 3.81. The summed E-state index contributed by atoms with van der Waals surface area (Å²) < 4.78 is 39.6. The number of carbonyl (C=O) groups excluding carboxylic acids is 1. The lowest BCUT2D eigenvalue weighted by molar-refractivity contribution is -0.129. The van der Waals surface area contributed by atoms with Crippen LogP contribution < -0.4 is 4.72 Å². The second kappa shape index (κ2) is 7.55. The molecule has 3 rings (SSSR count). The predicted molar refractivity (Wildman–Crippen MR) is 94.4 cm³/mol. The van der Waals surface area contributed by atoms with Crippen LogP contribution in [0.3, 0.4) is 0 Å². The minimum atomic E-state index is -3.95. The highest BCUT2D eigenvalue weighted by atomic mass is 32.2. The molecule has 138 valence electrons. The molecule has 1 aliphatic heterocycles. The number of amides is 1. The Labute approximate surface area is 155 Å². The molecule has 1 aliphatic rings. The number of rotatable bonds is 5. The normalized spacial score (nSPS) is 16.1. The maximum atomic E-state index is 13.3. The van der Waals surface area contributed by atoms with Crippen LogP contribution in [0.15, 0.2) is 53.7 Å². The zero-order chi connectivity index (χ0) is 19.4. The van der Waals surface area contributed by atoms with E-state index in [2.05, 4.69) is 5.16 Å². The van der Waals surface area contributed by atoms with Crippen LogP contribution in [0.4, 0.5) is 4.39 Å². The molecule has 7 nitrogen and oxygen atoms in total. The number of halogens is 1. The summed E-state index contributed by atoms with van der Waals surface area (Å²) in [4.78, 5) is 17.2. The highest BCUT2D eigenvalue weighted by Gasteiger charge is 2.31. The van der Waals surface area contributed by atoms with E-state index >= 15 is 0 Å². The molecule has 1 unspecified atom stereocenters. The highest BCUT2D eigenvalue weighted by molar-refractivity contribution is 7.89. The molecular weight excluding hydrogens is 373 g/mol. The van der Waals surface area contributed by atoms with Gasteiger partial charge in [0.25, 0.3) is 5.91 Å². The van der Waals surface area contributed by atoms with Crippen molar-refractivity contribution in [1.29, 1.82) is 5.26 Å². The lowest BCUT2D eigenvalue weighted by atomic mass is 10.0. The number of sulfonamides is 1. The minimum absolute atomic E-state index is 0.0294. The molecule has 1 amide bonds. The van der Waals surface area contributed by atoms with Crippen molar-refractivity contribution in [2.24, 2.45) is 5.16 Å². The lowest BCUT2D eigenvalue weighted by Gasteiger charge is -2.10. The monoisotopic (exact) mass is 387 g/mol. The third kappa shape index (κ3) is 4.68. The maximum absolute atomic E-state index is 13.3. The molecule has 0 radical (unpaired) electrons. The van der Waals surface area contributed by atoms with Gasteiger partial charge in [-0.15, -0.1) is 0 Å². The molecule has 0 bridgehead atoms. The van der Waals surface area contributed by atoms with Crippen LogP contribution in [-0.2, 0) is 25.4 Å². The van der Waals surface area contributed by atoms with E-state index in [1.54, 1.807) is 6.07 Å². The Hall–Kier alpha value is -3.25. The average molecular weight is 387 g/mol. The van der Waals surface area contributed by atoms with Crippen molar-refractivity contribution in [3.8, 4) is 6.07 Å². The molecule has 0 saturated heterocycles. The van der Waals surface area contributed by atoms with Crippen LogP contribution in [0, 0.1) is 17.1 Å². The Morgan fingerprint density at radius 2 is 2.04 bits per heavy atom. The molecule has 0 aromatic heterocycles. The molecule has 0 fully saturated rings. The average Bonchev–Trinajstić information content (AvgIpc) is 3.12. The van der Waals surface area contributed by atoms with Gasteiger partial charge in [-0.2, -0.15) is 5.26 Å². The van der Waals surface area contributed by atoms with Gasteiger partial charge in [0.1, 0.15) is 5.82 Å². The van der Waals surface area contributed by atoms with Crippen LogP contribution in [0.5, 0.6) is 0 Å². The standard InChI is InChI=1S/C18H14FN3O4S/c19-15-3-1-2-14(8-15)16-9-17(26-21-16)18(23)22-27(24,25)11-13-6-4-12(10-20)5-7-13/h1-8,17H,9,11H2,(H,22,23). The smallest absolute Gasteiger partial charge is 0.277 e. The zero-order valence-electron chi connectivity index (χ0n) is 13.9. The molecule has 1 N–H and O–H groups in total. The van der Waals surface area contributed by atoms with E-state index in [1.807, 2.05) is 10.8 Å². The Morgan fingerprint density at radius 1 is 1.30 bits per heavy atom. The Bertz CT molecular complexity index is 1040. The largest absolute Gasteiger partial charge is 0.382 e. The fourth-order valence-electron chi connectivity index (χ4n) is 2.51. The first kappa shape index (κ1) is 18.5. The van der Waals surface area contributed by atoms with E-state index in [0.29, 0.717) is 22.4 Å². The van der Waals surface area contributed by atoms with E-state index in [4.69, 9.17) is 10.1 Å². The first-order valence-corrected chi connectivity index (χ1v) is 9.53. The number of hydrogen-bond donors (Lipinski definition) is 1. The van der Waals surface area contributed by atoms with Crippen molar-refractivity contribution in [3.63, 3.8) is 0 Å². The van der Waals surface area contributed by atoms with Gasteiger partial charge in [0.05, 0.1) is 23.1 Å². The highest BCUT2D eigenvalue weighted by Crippen LogP contribution is 2.18. The molecule has 27 heavy (non-hydrogen) atoms. The number of carbonyl (C=O) groups is 1. The summed E-state index contributed by atoms with van der Waals surface area (Å²) in [6.07, 6.45) is -1.08. The SMILES string of the molecule is N#Cc1ccc(CS(=O)(=O)NC(=O)C2CC(c3cccc(F)c3)=NO2)cc1. The Kier molecular flexibility index (Phi) is 5.19. The Balaban J connectivity index is 1.61. The van der Waals surface area contributed by atoms with Crippen LogP contribution >= 0.6 is 0 Å². The van der Waals surface area contributed by atoms with Crippen molar-refractivity contribution in [2.75, 3.05) is 0 Å². The van der Waals surface area contributed by atoms with Crippen molar-refractivity contribution in [1.82, 2.24) is 4.72 Å². The molecule has 1 atom stereocenters. The fourth-order valence-corrected chi connectivity index (χ4v) is 3.65. The third-order valence-corrected chi connectivity index (χ3v) is 5.04. The number of nitrogens with zero attached hydrogens (tertiary/aromatic N) is 2. The summed E-state index contributed by atoms with van der Waals surface area (Å²) in [5.74, 6) is -1.72. The van der Waals surface area contributed by atoms with E-state index < -0.39 is 33.6 Å². The summed E-state index contributed by atoms with van der Waals surface area (Å²) in [5.41, 5.74) is 1.66. The number of oxime groups is 1. The van der Waals surface area contributed by atoms with Gasteiger partial charge in [0.2, 0.25) is 16.1 Å². The van der Waals surface area contributed by atoms with E-state index in [0.717, 1.165) is 0 Å². The fraction of sp³-hybridized carbons (Fsp3) is 0.167. The van der Waals surface area contributed by atoms with Gasteiger partial charge in [0, 0.05) is 12.0 Å². The first-order valence-electron chi connectivity index (χ1n) is 7.88. The molecule has 0 spiro atoms. The van der Waals surface area contributed by atoms with Gasteiger partial charge in [0.15, 0.2) is 0 Å². The molecule has 1 heterocycles.